The number of benzene rings is 3. The van der Waals surface area contributed by atoms with Crippen molar-refractivity contribution in [1.82, 2.24) is 0 Å². The summed E-state index contributed by atoms with van der Waals surface area (Å²) in [5.74, 6) is 0. The second-order valence-corrected chi connectivity index (χ2v) is 19.1. The number of hydrogen-bond donors (Lipinski definition) is 0. The summed E-state index contributed by atoms with van der Waals surface area (Å²) in [6, 6.07) is 34.2. The SMILES string of the molecule is CC1=C[C@H]([Sn]([c]2ccccc2)([c]2ccccc2)[c]2ccccc2)CCC1. The third kappa shape index (κ3) is 3.16. The summed E-state index contributed by atoms with van der Waals surface area (Å²) in [5, 5.41) is 0. The average Bonchev–Trinajstić information content (AvgIpc) is 2.71. The topological polar surface area (TPSA) is 0 Å². The first-order valence-corrected chi connectivity index (χ1v) is 15.6. The van der Waals surface area contributed by atoms with Crippen LogP contribution in [0.15, 0.2) is 103 Å². The molecule has 0 spiro atoms. The Hall–Kier alpha value is -1.80. The van der Waals surface area contributed by atoms with E-state index in [9.17, 15) is 0 Å². The fourth-order valence-electron chi connectivity index (χ4n) is 4.70. The summed E-state index contributed by atoms with van der Waals surface area (Å²) in [7, 11) is 0. The molecule has 0 amide bonds. The van der Waals surface area contributed by atoms with Gasteiger partial charge in [-0.3, -0.25) is 0 Å². The zero-order valence-corrected chi connectivity index (χ0v) is 18.3. The van der Waals surface area contributed by atoms with Crippen molar-refractivity contribution in [3.8, 4) is 0 Å². The second-order valence-electron chi connectivity index (χ2n) is 7.42. The molecule has 0 nitrogen and oxygen atoms in total. The molecule has 0 unspecified atom stereocenters. The molecule has 0 saturated carbocycles. The molecule has 0 saturated heterocycles. The predicted molar refractivity (Wildman–Crippen MR) is 115 cm³/mol. The van der Waals surface area contributed by atoms with Gasteiger partial charge in [0, 0.05) is 0 Å². The van der Waals surface area contributed by atoms with Gasteiger partial charge in [0.2, 0.25) is 0 Å². The first kappa shape index (κ1) is 17.6. The molecule has 0 aromatic heterocycles. The normalized spacial score (nSPS) is 17.6. The first-order chi connectivity index (χ1) is 12.8. The van der Waals surface area contributed by atoms with E-state index >= 15 is 0 Å². The predicted octanol–water partition coefficient (Wildman–Crippen LogP) is 4.66. The van der Waals surface area contributed by atoms with Crippen molar-refractivity contribution in [1.29, 1.82) is 0 Å². The minimum absolute atomic E-state index is 0.672. The van der Waals surface area contributed by atoms with Gasteiger partial charge in [0.25, 0.3) is 0 Å². The third-order valence-electron chi connectivity index (χ3n) is 5.82. The summed E-state index contributed by atoms with van der Waals surface area (Å²) >= 11 is -3.16. The summed E-state index contributed by atoms with van der Waals surface area (Å²) in [5.41, 5.74) is 1.57. The van der Waals surface area contributed by atoms with Crippen LogP contribution in [0, 0.1) is 0 Å². The van der Waals surface area contributed by atoms with E-state index in [2.05, 4.69) is 104 Å². The Morgan fingerprint density at radius 2 is 1.08 bits per heavy atom. The molecule has 130 valence electrons. The van der Waals surface area contributed by atoms with E-state index in [0.29, 0.717) is 3.93 Å². The van der Waals surface area contributed by atoms with Crippen molar-refractivity contribution in [2.24, 2.45) is 0 Å². The first-order valence-electron chi connectivity index (χ1n) is 9.65. The molecule has 0 bridgehead atoms. The molecule has 0 aliphatic heterocycles. The van der Waals surface area contributed by atoms with E-state index in [1.54, 1.807) is 16.3 Å². The van der Waals surface area contributed by atoms with E-state index < -0.39 is 18.4 Å². The summed E-state index contributed by atoms with van der Waals surface area (Å²) in [6.45, 7) is 2.32. The Balaban J connectivity index is 2.05. The zero-order chi connectivity index (χ0) is 17.8. The van der Waals surface area contributed by atoms with Crippen molar-refractivity contribution in [2.45, 2.75) is 30.1 Å². The standard InChI is InChI=1S/C7H11.3C6H5.Sn/c1-7-5-3-2-4-6-7;3*1-2-4-6-5-3-1;/h3,5H,2,4,6H2,1H3;3*1-5H;. The van der Waals surface area contributed by atoms with Gasteiger partial charge in [0.15, 0.2) is 0 Å². The fourth-order valence-corrected chi connectivity index (χ4v) is 20.7. The number of hydrogen-bond acceptors (Lipinski definition) is 0. The van der Waals surface area contributed by atoms with Crippen molar-refractivity contribution in [2.75, 3.05) is 0 Å². The minimum atomic E-state index is -3.16. The quantitative estimate of drug-likeness (QED) is 0.405. The molecule has 0 N–H and O–H groups in total. The van der Waals surface area contributed by atoms with Gasteiger partial charge in [0.1, 0.15) is 0 Å². The maximum absolute atomic E-state index is 3.16. The summed E-state index contributed by atoms with van der Waals surface area (Å²) in [6.07, 6.45) is 6.52. The Kier molecular flexibility index (Phi) is 5.30. The van der Waals surface area contributed by atoms with E-state index in [1.807, 2.05) is 0 Å². The van der Waals surface area contributed by atoms with Gasteiger partial charge in [-0.05, 0) is 0 Å². The van der Waals surface area contributed by atoms with Gasteiger partial charge in [-0.25, -0.2) is 0 Å². The molecular formula is C25H26Sn. The van der Waals surface area contributed by atoms with E-state index in [4.69, 9.17) is 0 Å². The maximum atomic E-state index is 2.63. The van der Waals surface area contributed by atoms with Crippen LogP contribution in [-0.2, 0) is 0 Å². The van der Waals surface area contributed by atoms with Crippen LogP contribution in [-0.4, -0.2) is 18.4 Å². The molecule has 0 radical (unpaired) electrons. The van der Waals surface area contributed by atoms with Crippen molar-refractivity contribution in [3.05, 3.63) is 103 Å². The Labute approximate surface area is 161 Å². The van der Waals surface area contributed by atoms with Gasteiger partial charge in [-0.15, -0.1) is 0 Å². The van der Waals surface area contributed by atoms with Gasteiger partial charge in [0.05, 0.1) is 0 Å². The third-order valence-corrected chi connectivity index (χ3v) is 20.9. The van der Waals surface area contributed by atoms with Gasteiger partial charge < -0.3 is 0 Å². The van der Waals surface area contributed by atoms with Crippen LogP contribution in [0.1, 0.15) is 26.2 Å². The molecule has 0 fully saturated rings. The molecule has 1 atom stereocenters. The Bertz CT molecular complexity index is 769. The van der Waals surface area contributed by atoms with Crippen molar-refractivity contribution >= 4 is 29.1 Å². The van der Waals surface area contributed by atoms with E-state index in [0.717, 1.165) is 0 Å². The van der Waals surface area contributed by atoms with Crippen LogP contribution in [0.2, 0.25) is 3.93 Å². The van der Waals surface area contributed by atoms with Crippen LogP contribution in [0.3, 0.4) is 0 Å². The van der Waals surface area contributed by atoms with Crippen LogP contribution in [0.5, 0.6) is 0 Å². The molecule has 1 aliphatic carbocycles. The van der Waals surface area contributed by atoms with Gasteiger partial charge in [-0.1, -0.05) is 0 Å². The van der Waals surface area contributed by atoms with Crippen LogP contribution < -0.4 is 10.7 Å². The van der Waals surface area contributed by atoms with E-state index in [-0.39, 0.29) is 0 Å². The molecule has 1 heteroatoms. The molecule has 3 aromatic carbocycles. The summed E-state index contributed by atoms with van der Waals surface area (Å²) < 4.78 is 5.45. The summed E-state index contributed by atoms with van der Waals surface area (Å²) in [4.78, 5) is 0. The zero-order valence-electron chi connectivity index (χ0n) is 15.4. The van der Waals surface area contributed by atoms with Gasteiger partial charge >= 0.3 is 162 Å². The second kappa shape index (κ2) is 7.83. The monoisotopic (exact) mass is 446 g/mol. The van der Waals surface area contributed by atoms with Crippen LogP contribution in [0.4, 0.5) is 0 Å². The van der Waals surface area contributed by atoms with E-state index in [1.165, 1.54) is 19.3 Å². The van der Waals surface area contributed by atoms with Crippen LogP contribution >= 0.6 is 0 Å². The molecule has 4 rings (SSSR count). The average molecular weight is 445 g/mol. The van der Waals surface area contributed by atoms with Crippen LogP contribution in [0.25, 0.3) is 0 Å². The molecular weight excluding hydrogens is 419 g/mol. The molecule has 26 heavy (non-hydrogen) atoms. The number of allylic oxidation sites excluding steroid dienone is 2. The van der Waals surface area contributed by atoms with Gasteiger partial charge in [-0.2, -0.15) is 0 Å². The van der Waals surface area contributed by atoms with Crippen molar-refractivity contribution in [3.63, 3.8) is 0 Å². The number of rotatable bonds is 4. The Morgan fingerprint density at radius 1 is 0.654 bits per heavy atom. The Morgan fingerprint density at radius 3 is 1.46 bits per heavy atom. The van der Waals surface area contributed by atoms with Crippen molar-refractivity contribution < 1.29 is 0 Å². The fraction of sp³-hybridized carbons (Fsp3) is 0.200. The molecule has 3 aromatic rings. The molecule has 1 aliphatic rings. The molecule has 0 heterocycles.